The molecule has 31 heavy (non-hydrogen) atoms. The van der Waals surface area contributed by atoms with Gasteiger partial charge in [0.15, 0.2) is 5.82 Å². The molecule has 1 aromatic carbocycles. The summed E-state index contributed by atoms with van der Waals surface area (Å²) in [7, 11) is 0. The number of pyridine rings is 1. The van der Waals surface area contributed by atoms with Crippen LogP contribution in [0.2, 0.25) is 0 Å². The van der Waals surface area contributed by atoms with Crippen LogP contribution >= 0.6 is 0 Å². The van der Waals surface area contributed by atoms with Crippen LogP contribution in [-0.2, 0) is 17.9 Å². The number of nitriles is 1. The van der Waals surface area contributed by atoms with Gasteiger partial charge in [0.25, 0.3) is 0 Å². The summed E-state index contributed by atoms with van der Waals surface area (Å²) in [5.74, 6) is 0.279. The summed E-state index contributed by atoms with van der Waals surface area (Å²) in [6.45, 7) is 6.52. The maximum Gasteiger partial charge on any atom is 0.338 e. The van der Waals surface area contributed by atoms with Gasteiger partial charge in [0.2, 0.25) is 0 Å². The molecule has 0 amide bonds. The van der Waals surface area contributed by atoms with Crippen molar-refractivity contribution in [3.63, 3.8) is 0 Å². The quantitative estimate of drug-likeness (QED) is 0.582. The molecular weight excluding hydrogens is 396 g/mol. The first kappa shape index (κ1) is 20.7. The molecular formula is C22H22N6O3. The molecule has 0 aliphatic carbocycles. The Morgan fingerprint density at radius 2 is 2.16 bits per heavy atom. The minimum atomic E-state index is -0.735. The van der Waals surface area contributed by atoms with Crippen molar-refractivity contribution in [2.45, 2.75) is 40.0 Å². The number of aromatic nitrogens is 4. The minimum absolute atomic E-state index is 0.249. The Morgan fingerprint density at radius 3 is 2.90 bits per heavy atom. The number of hydrogen-bond donors (Lipinski definition) is 2. The summed E-state index contributed by atoms with van der Waals surface area (Å²) in [6, 6.07) is 7.43. The van der Waals surface area contributed by atoms with Crippen molar-refractivity contribution in [3.8, 4) is 11.9 Å². The van der Waals surface area contributed by atoms with Gasteiger partial charge in [-0.15, -0.1) is 5.10 Å². The van der Waals surface area contributed by atoms with E-state index in [-0.39, 0.29) is 12.6 Å². The number of ether oxygens (including phenoxy) is 1. The van der Waals surface area contributed by atoms with Crippen molar-refractivity contribution in [1.29, 1.82) is 5.26 Å². The van der Waals surface area contributed by atoms with E-state index in [9.17, 15) is 15.2 Å². The van der Waals surface area contributed by atoms with Crippen molar-refractivity contribution in [1.82, 2.24) is 25.3 Å². The average Bonchev–Trinajstić information content (AvgIpc) is 3.35. The van der Waals surface area contributed by atoms with Crippen LogP contribution in [0.1, 0.15) is 55.7 Å². The molecule has 9 heteroatoms. The molecule has 2 N–H and O–H groups in total. The summed E-state index contributed by atoms with van der Waals surface area (Å²) in [5.41, 5.74) is 5.79. The fourth-order valence-electron chi connectivity index (χ4n) is 3.76. The second-order valence-electron chi connectivity index (χ2n) is 7.55. The van der Waals surface area contributed by atoms with Crippen molar-refractivity contribution < 1.29 is 14.6 Å². The number of aliphatic hydroxyl groups excluding tert-OH is 1. The van der Waals surface area contributed by atoms with Crippen LogP contribution in [0.5, 0.6) is 0 Å². The SMILES string of the molecule is Cc1cc(-n2cc(CNCC(O)c3ccc4c(c3C)COC4=O)nn2)nc(C)c1C#N. The first-order chi connectivity index (χ1) is 14.9. The highest BCUT2D eigenvalue weighted by molar-refractivity contribution is 5.93. The molecule has 0 bridgehead atoms. The van der Waals surface area contributed by atoms with Gasteiger partial charge < -0.3 is 15.2 Å². The Kier molecular flexibility index (Phi) is 5.50. The number of carbonyl (C=O) groups excluding carboxylic acids is 1. The Hall–Kier alpha value is -3.61. The van der Waals surface area contributed by atoms with Gasteiger partial charge in [-0.3, -0.25) is 0 Å². The number of carbonyl (C=O) groups is 1. The fourth-order valence-corrected chi connectivity index (χ4v) is 3.76. The van der Waals surface area contributed by atoms with Gasteiger partial charge >= 0.3 is 5.97 Å². The third-order valence-electron chi connectivity index (χ3n) is 5.48. The number of aryl methyl sites for hydroxylation is 2. The minimum Gasteiger partial charge on any atom is -0.457 e. The lowest BCUT2D eigenvalue weighted by atomic mass is 9.95. The topological polar surface area (TPSA) is 126 Å². The number of cyclic esters (lactones) is 1. The lowest BCUT2D eigenvalue weighted by Gasteiger charge is -2.16. The third-order valence-corrected chi connectivity index (χ3v) is 5.48. The van der Waals surface area contributed by atoms with E-state index in [1.54, 1.807) is 36.0 Å². The summed E-state index contributed by atoms with van der Waals surface area (Å²) < 4.78 is 6.64. The standard InChI is InChI=1S/C22H22N6O3/c1-12-6-21(25-14(3)18(12)7-23)28-10-15(26-27-28)8-24-9-20(29)16-4-5-17-19(13(16)2)11-31-22(17)30/h4-6,10,20,24,29H,8-9,11H2,1-3H3. The zero-order chi connectivity index (χ0) is 22.1. The molecule has 1 aliphatic heterocycles. The second-order valence-corrected chi connectivity index (χ2v) is 7.55. The Morgan fingerprint density at radius 1 is 1.35 bits per heavy atom. The predicted octanol–water partition coefficient (Wildman–Crippen LogP) is 1.95. The van der Waals surface area contributed by atoms with E-state index in [2.05, 4.69) is 26.7 Å². The summed E-state index contributed by atoms with van der Waals surface area (Å²) in [4.78, 5) is 16.1. The first-order valence-electron chi connectivity index (χ1n) is 9.87. The molecule has 0 saturated heterocycles. The number of nitrogens with one attached hydrogen (secondary N) is 1. The number of aliphatic hydroxyl groups is 1. The van der Waals surface area contributed by atoms with E-state index < -0.39 is 6.10 Å². The summed E-state index contributed by atoms with van der Waals surface area (Å²) >= 11 is 0. The molecule has 1 unspecified atom stereocenters. The van der Waals surface area contributed by atoms with E-state index in [4.69, 9.17) is 4.74 Å². The van der Waals surface area contributed by atoms with E-state index in [1.165, 1.54) is 0 Å². The number of benzene rings is 1. The lowest BCUT2D eigenvalue weighted by molar-refractivity contribution is 0.0535. The Balaban J connectivity index is 1.40. The van der Waals surface area contributed by atoms with Gasteiger partial charge in [0.05, 0.1) is 34.8 Å². The van der Waals surface area contributed by atoms with Crippen LogP contribution in [0.4, 0.5) is 0 Å². The maximum absolute atomic E-state index is 11.7. The highest BCUT2D eigenvalue weighted by Gasteiger charge is 2.25. The third kappa shape index (κ3) is 3.91. The average molecular weight is 418 g/mol. The molecule has 9 nitrogen and oxygen atoms in total. The molecule has 1 atom stereocenters. The normalized spacial score (nSPS) is 13.6. The number of fused-ring (bicyclic) bond motifs is 1. The Bertz CT molecular complexity index is 1190. The van der Waals surface area contributed by atoms with Crippen LogP contribution in [0.25, 0.3) is 5.82 Å². The molecule has 0 spiro atoms. The van der Waals surface area contributed by atoms with Crippen molar-refractivity contribution in [3.05, 3.63) is 69.2 Å². The molecule has 3 aromatic rings. The first-order valence-corrected chi connectivity index (χ1v) is 9.87. The molecule has 3 heterocycles. The monoisotopic (exact) mass is 418 g/mol. The van der Waals surface area contributed by atoms with Gasteiger partial charge in [0, 0.05) is 18.7 Å². The predicted molar refractivity (Wildman–Crippen MR) is 110 cm³/mol. The maximum atomic E-state index is 11.7. The van der Waals surface area contributed by atoms with Crippen molar-refractivity contribution in [2.24, 2.45) is 0 Å². The van der Waals surface area contributed by atoms with E-state index in [1.807, 2.05) is 13.8 Å². The molecule has 1 aliphatic rings. The van der Waals surface area contributed by atoms with Crippen molar-refractivity contribution in [2.75, 3.05) is 6.54 Å². The summed E-state index contributed by atoms with van der Waals surface area (Å²) in [6.07, 6.45) is 1.03. The molecule has 2 aromatic heterocycles. The van der Waals surface area contributed by atoms with Crippen LogP contribution in [0.3, 0.4) is 0 Å². The van der Waals surface area contributed by atoms with E-state index in [0.717, 1.165) is 22.3 Å². The van der Waals surface area contributed by atoms with E-state index in [0.29, 0.717) is 41.4 Å². The van der Waals surface area contributed by atoms with Gasteiger partial charge in [-0.2, -0.15) is 5.26 Å². The van der Waals surface area contributed by atoms with Gasteiger partial charge in [0.1, 0.15) is 12.7 Å². The van der Waals surface area contributed by atoms with Crippen molar-refractivity contribution >= 4 is 5.97 Å². The van der Waals surface area contributed by atoms with E-state index >= 15 is 0 Å². The number of esters is 1. The fraction of sp³-hybridized carbons (Fsp3) is 0.318. The molecule has 0 saturated carbocycles. The van der Waals surface area contributed by atoms with Crippen LogP contribution in [0.15, 0.2) is 24.4 Å². The molecule has 4 rings (SSSR count). The van der Waals surface area contributed by atoms with Crippen LogP contribution in [-0.4, -0.2) is 37.6 Å². The lowest BCUT2D eigenvalue weighted by Crippen LogP contribution is -2.22. The van der Waals surface area contributed by atoms with Crippen LogP contribution < -0.4 is 5.32 Å². The second kappa shape index (κ2) is 8.26. The summed E-state index contributed by atoms with van der Waals surface area (Å²) in [5, 5.41) is 31.2. The molecule has 0 radical (unpaired) electrons. The highest BCUT2D eigenvalue weighted by atomic mass is 16.5. The Labute approximate surface area is 179 Å². The van der Waals surface area contributed by atoms with Crippen LogP contribution in [0, 0.1) is 32.1 Å². The highest BCUT2D eigenvalue weighted by Crippen LogP contribution is 2.28. The zero-order valence-corrected chi connectivity index (χ0v) is 17.5. The number of hydrogen-bond acceptors (Lipinski definition) is 8. The number of rotatable bonds is 6. The number of nitrogens with zero attached hydrogens (tertiary/aromatic N) is 5. The zero-order valence-electron chi connectivity index (χ0n) is 17.5. The molecule has 0 fully saturated rings. The van der Waals surface area contributed by atoms with Gasteiger partial charge in [-0.1, -0.05) is 11.3 Å². The largest absolute Gasteiger partial charge is 0.457 e. The van der Waals surface area contributed by atoms with Gasteiger partial charge in [-0.05, 0) is 49.6 Å². The molecule has 158 valence electrons. The smallest absolute Gasteiger partial charge is 0.338 e. The van der Waals surface area contributed by atoms with Gasteiger partial charge in [-0.25, -0.2) is 14.5 Å².